The number of aromatic nitrogens is 2. The number of amides is 3. The molecule has 0 aromatic carbocycles. The minimum atomic E-state index is -1.22. The number of rotatable bonds is 15. The number of aromatic amines is 1. The molecule has 12 nitrogen and oxygen atoms in total. The quantitative estimate of drug-likeness (QED) is 0.158. The van der Waals surface area contributed by atoms with Gasteiger partial charge >= 0.3 is 5.97 Å². The van der Waals surface area contributed by atoms with Gasteiger partial charge in [0.2, 0.25) is 17.7 Å². The smallest absolute Gasteiger partial charge is 0.326 e. The molecule has 12 heteroatoms. The van der Waals surface area contributed by atoms with Crippen molar-refractivity contribution < 1.29 is 24.3 Å². The highest BCUT2D eigenvalue weighted by atomic mass is 16.4. The van der Waals surface area contributed by atoms with Crippen LogP contribution in [0.1, 0.15) is 52.7 Å². The Bertz CT molecular complexity index is 798. The van der Waals surface area contributed by atoms with Crippen LogP contribution in [0.2, 0.25) is 0 Å². The van der Waals surface area contributed by atoms with E-state index in [1.807, 2.05) is 0 Å². The number of nitrogens with zero attached hydrogens (tertiary/aromatic N) is 1. The van der Waals surface area contributed by atoms with Crippen molar-refractivity contribution in [3.63, 3.8) is 0 Å². The van der Waals surface area contributed by atoms with Gasteiger partial charge in [-0.3, -0.25) is 14.4 Å². The lowest BCUT2D eigenvalue weighted by atomic mass is 9.98. The van der Waals surface area contributed by atoms with Crippen LogP contribution in [-0.4, -0.2) is 69.5 Å². The molecule has 0 aliphatic heterocycles. The number of unbranched alkanes of at least 4 members (excludes halogenated alkanes) is 1. The average molecular weight is 482 g/mol. The highest BCUT2D eigenvalue weighted by Gasteiger charge is 2.33. The molecule has 3 amide bonds. The number of hydrogen-bond donors (Lipinski definition) is 7. The average Bonchev–Trinajstić information content (AvgIpc) is 3.27. The Morgan fingerprint density at radius 1 is 0.971 bits per heavy atom. The van der Waals surface area contributed by atoms with Gasteiger partial charge in [0.1, 0.15) is 18.1 Å². The van der Waals surface area contributed by atoms with Crippen molar-refractivity contribution in [1.82, 2.24) is 25.9 Å². The maximum absolute atomic E-state index is 13.0. The third kappa shape index (κ3) is 9.48. The molecule has 0 aliphatic carbocycles. The zero-order valence-corrected chi connectivity index (χ0v) is 20.3. The summed E-state index contributed by atoms with van der Waals surface area (Å²) in [6, 6.07) is -3.91. The summed E-state index contributed by atoms with van der Waals surface area (Å²) in [5.74, 6) is -3.47. The fourth-order valence-corrected chi connectivity index (χ4v) is 3.29. The number of hydrogen-bond acceptors (Lipinski definition) is 7. The van der Waals surface area contributed by atoms with Gasteiger partial charge in [-0.25, -0.2) is 9.78 Å². The van der Waals surface area contributed by atoms with Gasteiger partial charge in [0.25, 0.3) is 0 Å². The summed E-state index contributed by atoms with van der Waals surface area (Å²) < 4.78 is 0. The molecule has 0 aliphatic rings. The summed E-state index contributed by atoms with van der Waals surface area (Å²) in [4.78, 5) is 56.7. The van der Waals surface area contributed by atoms with Crippen LogP contribution in [0.15, 0.2) is 12.5 Å². The molecule has 0 fully saturated rings. The summed E-state index contributed by atoms with van der Waals surface area (Å²) in [6.07, 6.45) is 4.78. The molecule has 0 saturated heterocycles. The van der Waals surface area contributed by atoms with Crippen molar-refractivity contribution in [2.45, 2.75) is 77.5 Å². The molecule has 4 atom stereocenters. The fourth-order valence-electron chi connectivity index (χ4n) is 3.29. The minimum Gasteiger partial charge on any atom is -0.480 e. The van der Waals surface area contributed by atoms with Crippen molar-refractivity contribution in [3.8, 4) is 0 Å². The van der Waals surface area contributed by atoms with Crippen LogP contribution >= 0.6 is 0 Å². The van der Waals surface area contributed by atoms with E-state index < -0.39 is 47.9 Å². The molecule has 1 rings (SSSR count). The third-order valence-corrected chi connectivity index (χ3v) is 5.39. The normalized spacial score (nSPS) is 14.8. The molecule has 0 spiro atoms. The molecule has 4 unspecified atom stereocenters. The highest BCUT2D eigenvalue weighted by molar-refractivity contribution is 5.94. The van der Waals surface area contributed by atoms with Gasteiger partial charge in [0.05, 0.1) is 12.4 Å². The van der Waals surface area contributed by atoms with Gasteiger partial charge in [0.15, 0.2) is 0 Å². The van der Waals surface area contributed by atoms with Crippen LogP contribution in [0.3, 0.4) is 0 Å². The lowest BCUT2D eigenvalue weighted by Gasteiger charge is -2.28. The summed E-state index contributed by atoms with van der Waals surface area (Å²) in [6.45, 7) is 7.49. The largest absolute Gasteiger partial charge is 0.480 e. The molecule has 9 N–H and O–H groups in total. The van der Waals surface area contributed by atoms with Crippen molar-refractivity contribution in [2.24, 2.45) is 23.3 Å². The number of H-pyrrole nitrogens is 1. The van der Waals surface area contributed by atoms with E-state index in [1.54, 1.807) is 27.7 Å². The lowest BCUT2D eigenvalue weighted by Crippen LogP contribution is -2.59. The summed E-state index contributed by atoms with van der Waals surface area (Å²) >= 11 is 0. The Kier molecular flexibility index (Phi) is 12.2. The van der Waals surface area contributed by atoms with Crippen LogP contribution < -0.4 is 27.4 Å². The van der Waals surface area contributed by atoms with E-state index in [2.05, 4.69) is 25.9 Å². The molecule has 0 saturated carbocycles. The predicted molar refractivity (Wildman–Crippen MR) is 126 cm³/mol. The van der Waals surface area contributed by atoms with Gasteiger partial charge in [-0.15, -0.1) is 0 Å². The summed E-state index contributed by atoms with van der Waals surface area (Å²) in [7, 11) is 0. The van der Waals surface area contributed by atoms with E-state index in [0.29, 0.717) is 25.1 Å². The molecule has 1 heterocycles. The number of carboxylic acids is 1. The second-order valence-corrected chi connectivity index (χ2v) is 9.03. The molecule has 0 radical (unpaired) electrons. The maximum Gasteiger partial charge on any atom is 0.326 e. The van der Waals surface area contributed by atoms with Crippen LogP contribution in [0, 0.1) is 11.8 Å². The number of nitrogens with two attached hydrogens (primary N) is 2. The molecular weight excluding hydrogens is 442 g/mol. The first-order chi connectivity index (χ1) is 16.0. The van der Waals surface area contributed by atoms with E-state index in [0.717, 1.165) is 6.42 Å². The molecule has 1 aromatic heterocycles. The van der Waals surface area contributed by atoms with Crippen molar-refractivity contribution in [1.29, 1.82) is 0 Å². The number of nitrogens with one attached hydrogen (secondary N) is 4. The van der Waals surface area contributed by atoms with Gasteiger partial charge in [0, 0.05) is 18.3 Å². The molecule has 1 aromatic rings. The van der Waals surface area contributed by atoms with Gasteiger partial charge in [-0.2, -0.15) is 0 Å². The molecular formula is C22H39N7O5. The Morgan fingerprint density at radius 3 is 2.00 bits per heavy atom. The van der Waals surface area contributed by atoms with E-state index in [4.69, 9.17) is 11.5 Å². The van der Waals surface area contributed by atoms with Gasteiger partial charge < -0.3 is 37.5 Å². The van der Waals surface area contributed by atoms with Crippen LogP contribution in [0.5, 0.6) is 0 Å². The highest BCUT2D eigenvalue weighted by Crippen LogP contribution is 2.09. The molecule has 0 bridgehead atoms. The van der Waals surface area contributed by atoms with Crippen molar-refractivity contribution >= 4 is 23.7 Å². The summed E-state index contributed by atoms with van der Waals surface area (Å²) in [5, 5.41) is 17.3. The minimum absolute atomic E-state index is 0.00650. The number of aliphatic carboxylic acids is 1. The monoisotopic (exact) mass is 481 g/mol. The fraction of sp³-hybridized carbons (Fsp3) is 0.682. The van der Waals surface area contributed by atoms with Crippen molar-refractivity contribution in [3.05, 3.63) is 18.2 Å². The van der Waals surface area contributed by atoms with Gasteiger partial charge in [-0.05, 0) is 31.2 Å². The van der Waals surface area contributed by atoms with Crippen LogP contribution in [0.25, 0.3) is 0 Å². The Morgan fingerprint density at radius 2 is 1.53 bits per heavy atom. The zero-order valence-electron chi connectivity index (χ0n) is 20.3. The van der Waals surface area contributed by atoms with Crippen LogP contribution in [-0.2, 0) is 25.6 Å². The van der Waals surface area contributed by atoms with E-state index in [9.17, 15) is 24.3 Å². The first-order valence-corrected chi connectivity index (χ1v) is 11.5. The first-order valence-electron chi connectivity index (χ1n) is 11.5. The second kappa shape index (κ2) is 14.3. The summed E-state index contributed by atoms with van der Waals surface area (Å²) in [5.41, 5.74) is 11.9. The Labute approximate surface area is 200 Å². The maximum atomic E-state index is 13.0. The third-order valence-electron chi connectivity index (χ3n) is 5.39. The Hall–Kier alpha value is -2.99. The van der Waals surface area contributed by atoms with E-state index >= 15 is 0 Å². The van der Waals surface area contributed by atoms with E-state index in [1.165, 1.54) is 12.5 Å². The first kappa shape index (κ1) is 29.0. The number of carbonyl (C=O) groups excluding carboxylic acids is 3. The number of carboxylic acid groups (broad SMARTS) is 1. The standard InChI is InChI=1S/C22H39N7O5/c1-12(2)17(20(31)27-16(22(33)34)9-14-10-25-11-26-14)29-21(32)18(13(3)4)28-19(30)15(24)7-5-6-8-23/h10-13,15-18H,5-9,23-24H2,1-4H3,(H,25,26)(H,27,31)(H,28,30)(H,29,32)(H,33,34). The van der Waals surface area contributed by atoms with E-state index in [-0.39, 0.29) is 18.3 Å². The lowest BCUT2D eigenvalue weighted by molar-refractivity contribution is -0.142. The SMILES string of the molecule is CC(C)C(NC(=O)C(N)CCCCN)C(=O)NC(C(=O)NC(Cc1cnc[nH]1)C(=O)O)C(C)C. The Balaban J connectivity index is 2.85. The topological polar surface area (TPSA) is 205 Å². The predicted octanol–water partition coefficient (Wildman–Crippen LogP) is -0.740. The molecule has 34 heavy (non-hydrogen) atoms. The molecule has 192 valence electrons. The van der Waals surface area contributed by atoms with Gasteiger partial charge in [-0.1, -0.05) is 34.1 Å². The second-order valence-electron chi connectivity index (χ2n) is 9.03. The number of carbonyl (C=O) groups is 4. The zero-order chi connectivity index (χ0) is 25.8. The van der Waals surface area contributed by atoms with Crippen LogP contribution in [0.4, 0.5) is 0 Å². The van der Waals surface area contributed by atoms with Crippen molar-refractivity contribution in [2.75, 3.05) is 6.54 Å². The number of imidazole rings is 1.